The van der Waals surface area contributed by atoms with Crippen LogP contribution in [0.1, 0.15) is 64.9 Å². The highest BCUT2D eigenvalue weighted by molar-refractivity contribution is 5.97. The largest absolute Gasteiger partial charge is 0.369 e. The van der Waals surface area contributed by atoms with Gasteiger partial charge in [-0.15, -0.1) is 0 Å². The maximum absolute atomic E-state index is 6.23. The minimum absolute atomic E-state index is 0.318. The van der Waals surface area contributed by atoms with Crippen molar-refractivity contribution in [1.29, 1.82) is 0 Å². The van der Waals surface area contributed by atoms with Crippen LogP contribution in [0.25, 0.3) is 0 Å². The Morgan fingerprint density at radius 3 is 2.44 bits per heavy atom. The topological polar surface area (TPSA) is 66.0 Å². The van der Waals surface area contributed by atoms with E-state index in [2.05, 4.69) is 53.1 Å². The molecule has 25 heavy (non-hydrogen) atoms. The van der Waals surface area contributed by atoms with Gasteiger partial charge in [0.05, 0.1) is 0 Å². The SMILES string of the molecule is CCCCCCCCN=C1N=C(N)N(Cc2ccccc2)C(C)(C)N1. The van der Waals surface area contributed by atoms with Gasteiger partial charge in [-0.3, -0.25) is 4.99 Å². The minimum Gasteiger partial charge on any atom is -0.369 e. The first-order valence-corrected chi connectivity index (χ1v) is 9.51. The van der Waals surface area contributed by atoms with Crippen molar-refractivity contribution in [3.05, 3.63) is 35.9 Å². The van der Waals surface area contributed by atoms with Crippen molar-refractivity contribution in [1.82, 2.24) is 10.2 Å². The molecule has 5 heteroatoms. The summed E-state index contributed by atoms with van der Waals surface area (Å²) >= 11 is 0. The number of nitrogens with zero attached hydrogens (tertiary/aromatic N) is 3. The average Bonchev–Trinajstić information content (AvgIpc) is 2.58. The van der Waals surface area contributed by atoms with Crippen molar-refractivity contribution in [2.45, 2.75) is 71.5 Å². The normalized spacial score (nSPS) is 18.1. The lowest BCUT2D eigenvalue weighted by molar-refractivity contribution is 0.178. The monoisotopic (exact) mass is 343 g/mol. The standard InChI is InChI=1S/C20H33N5/c1-4-5-6-7-8-12-15-22-19-23-18(21)25(20(2,3)24-19)16-17-13-10-9-11-14-17/h9-11,13-14H,4-8,12,15-16H2,1-3H3,(H3,21,22,23,24). The number of hydrogen-bond acceptors (Lipinski definition) is 3. The Labute approximate surface area is 152 Å². The number of guanidine groups is 2. The second kappa shape index (κ2) is 9.44. The summed E-state index contributed by atoms with van der Waals surface area (Å²) < 4.78 is 0. The number of nitrogens with one attached hydrogen (secondary N) is 1. The third-order valence-corrected chi connectivity index (χ3v) is 4.55. The Balaban J connectivity index is 1.90. The second-order valence-corrected chi connectivity index (χ2v) is 7.20. The molecule has 0 bridgehead atoms. The molecule has 138 valence electrons. The molecular weight excluding hydrogens is 310 g/mol. The lowest BCUT2D eigenvalue weighted by Crippen LogP contribution is -2.63. The van der Waals surface area contributed by atoms with Crippen molar-refractivity contribution in [3.63, 3.8) is 0 Å². The minimum atomic E-state index is -0.318. The van der Waals surface area contributed by atoms with Gasteiger partial charge in [0.15, 0.2) is 0 Å². The number of benzene rings is 1. The number of aliphatic imine (C=N–C) groups is 2. The zero-order valence-corrected chi connectivity index (χ0v) is 16.0. The molecule has 0 unspecified atom stereocenters. The fraction of sp³-hybridized carbons (Fsp3) is 0.600. The van der Waals surface area contributed by atoms with Crippen LogP contribution in [0.4, 0.5) is 0 Å². The predicted octanol–water partition coefficient (Wildman–Crippen LogP) is 3.86. The smallest absolute Gasteiger partial charge is 0.223 e. The molecule has 0 spiro atoms. The summed E-state index contributed by atoms with van der Waals surface area (Å²) in [5, 5.41) is 3.41. The molecule has 1 aliphatic rings. The Morgan fingerprint density at radius 2 is 1.76 bits per heavy atom. The molecule has 0 fully saturated rings. The van der Waals surface area contributed by atoms with E-state index in [-0.39, 0.29) is 5.66 Å². The third-order valence-electron chi connectivity index (χ3n) is 4.55. The summed E-state index contributed by atoms with van der Waals surface area (Å²) in [6.45, 7) is 7.99. The van der Waals surface area contributed by atoms with Crippen LogP contribution in [0.3, 0.4) is 0 Å². The maximum Gasteiger partial charge on any atom is 0.223 e. The van der Waals surface area contributed by atoms with E-state index in [1.165, 1.54) is 37.7 Å². The van der Waals surface area contributed by atoms with E-state index in [1.54, 1.807) is 0 Å². The van der Waals surface area contributed by atoms with E-state index in [9.17, 15) is 0 Å². The van der Waals surface area contributed by atoms with Crippen molar-refractivity contribution in [2.24, 2.45) is 15.7 Å². The molecule has 1 aromatic carbocycles. The van der Waals surface area contributed by atoms with Crippen LogP contribution in [0, 0.1) is 0 Å². The molecule has 0 saturated heterocycles. The molecule has 0 aliphatic carbocycles. The van der Waals surface area contributed by atoms with Crippen LogP contribution in [0.15, 0.2) is 40.3 Å². The first-order chi connectivity index (χ1) is 12.0. The number of unbranched alkanes of at least 4 members (excludes halogenated alkanes) is 5. The van der Waals surface area contributed by atoms with Crippen molar-refractivity contribution >= 4 is 11.9 Å². The molecule has 1 aromatic rings. The van der Waals surface area contributed by atoms with Gasteiger partial charge in [-0.2, -0.15) is 4.99 Å². The first-order valence-electron chi connectivity index (χ1n) is 9.51. The zero-order chi connectivity index (χ0) is 18.1. The van der Waals surface area contributed by atoms with Gasteiger partial charge in [0.1, 0.15) is 5.66 Å². The molecule has 0 saturated carbocycles. The van der Waals surface area contributed by atoms with E-state index in [0.717, 1.165) is 19.5 Å². The predicted molar refractivity (Wildman–Crippen MR) is 107 cm³/mol. The lowest BCUT2D eigenvalue weighted by Gasteiger charge is -2.43. The average molecular weight is 344 g/mol. The molecule has 0 radical (unpaired) electrons. The van der Waals surface area contributed by atoms with Crippen LogP contribution in [-0.4, -0.2) is 29.0 Å². The first kappa shape index (κ1) is 19.3. The van der Waals surface area contributed by atoms with Crippen LogP contribution in [-0.2, 0) is 6.54 Å². The quantitative estimate of drug-likeness (QED) is 0.669. The Kier molecular flexibility index (Phi) is 7.29. The van der Waals surface area contributed by atoms with Gasteiger partial charge in [-0.25, -0.2) is 0 Å². The summed E-state index contributed by atoms with van der Waals surface area (Å²) in [4.78, 5) is 11.1. The Hall–Kier alpha value is -2.04. The van der Waals surface area contributed by atoms with E-state index < -0.39 is 0 Å². The van der Waals surface area contributed by atoms with Crippen LogP contribution >= 0.6 is 0 Å². The molecule has 0 aromatic heterocycles. The molecule has 0 atom stereocenters. The van der Waals surface area contributed by atoms with E-state index in [4.69, 9.17) is 5.73 Å². The van der Waals surface area contributed by atoms with E-state index in [1.807, 2.05) is 18.2 Å². The molecule has 1 aliphatic heterocycles. The summed E-state index contributed by atoms with van der Waals surface area (Å²) in [7, 11) is 0. The summed E-state index contributed by atoms with van der Waals surface area (Å²) in [5.74, 6) is 1.18. The van der Waals surface area contributed by atoms with Gasteiger partial charge >= 0.3 is 0 Å². The lowest BCUT2D eigenvalue weighted by atomic mass is 10.1. The summed E-state index contributed by atoms with van der Waals surface area (Å²) in [6, 6.07) is 10.3. The number of hydrogen-bond donors (Lipinski definition) is 2. The summed E-state index contributed by atoms with van der Waals surface area (Å²) in [5.41, 5.74) is 7.13. The molecular formula is C20H33N5. The van der Waals surface area contributed by atoms with Gasteiger partial charge in [-0.05, 0) is 25.8 Å². The van der Waals surface area contributed by atoms with Gasteiger partial charge < -0.3 is 16.0 Å². The number of nitrogens with two attached hydrogens (primary N) is 1. The van der Waals surface area contributed by atoms with E-state index in [0.29, 0.717) is 11.9 Å². The second-order valence-electron chi connectivity index (χ2n) is 7.20. The molecule has 2 rings (SSSR count). The molecule has 5 nitrogen and oxygen atoms in total. The van der Waals surface area contributed by atoms with Crippen LogP contribution in [0.5, 0.6) is 0 Å². The fourth-order valence-corrected chi connectivity index (χ4v) is 3.02. The van der Waals surface area contributed by atoms with Crippen molar-refractivity contribution < 1.29 is 0 Å². The highest BCUT2D eigenvalue weighted by atomic mass is 15.4. The van der Waals surface area contributed by atoms with Gasteiger partial charge in [0.2, 0.25) is 11.9 Å². The van der Waals surface area contributed by atoms with Crippen molar-refractivity contribution in [2.75, 3.05) is 6.54 Å². The van der Waals surface area contributed by atoms with Gasteiger partial charge in [-0.1, -0.05) is 69.4 Å². The molecule has 1 heterocycles. The molecule has 3 N–H and O–H groups in total. The number of rotatable bonds is 9. The van der Waals surface area contributed by atoms with Crippen LogP contribution < -0.4 is 11.1 Å². The maximum atomic E-state index is 6.23. The Morgan fingerprint density at radius 1 is 1.08 bits per heavy atom. The van der Waals surface area contributed by atoms with Crippen molar-refractivity contribution in [3.8, 4) is 0 Å². The van der Waals surface area contributed by atoms with Gasteiger partial charge in [0, 0.05) is 13.1 Å². The highest BCUT2D eigenvalue weighted by Gasteiger charge is 2.33. The highest BCUT2D eigenvalue weighted by Crippen LogP contribution is 2.18. The van der Waals surface area contributed by atoms with E-state index >= 15 is 0 Å². The zero-order valence-electron chi connectivity index (χ0n) is 16.0. The van der Waals surface area contributed by atoms with Crippen LogP contribution in [0.2, 0.25) is 0 Å². The molecule has 0 amide bonds. The summed E-state index contributed by atoms with van der Waals surface area (Å²) in [6.07, 6.45) is 7.60. The third kappa shape index (κ3) is 6.07. The van der Waals surface area contributed by atoms with Gasteiger partial charge in [0.25, 0.3) is 0 Å². The Bertz CT molecular complexity index is 577. The fourth-order valence-electron chi connectivity index (χ4n) is 3.02.